The molecule has 120 valence electrons. The molecule has 1 aromatic heterocycles. The van der Waals surface area contributed by atoms with Gasteiger partial charge in [0.15, 0.2) is 0 Å². The summed E-state index contributed by atoms with van der Waals surface area (Å²) in [6.45, 7) is 1.21. The van der Waals surface area contributed by atoms with E-state index in [1.807, 2.05) is 0 Å². The minimum Gasteiger partial charge on any atom is -0.366 e. The van der Waals surface area contributed by atoms with Crippen LogP contribution in [0.3, 0.4) is 0 Å². The second kappa shape index (κ2) is 4.63. The van der Waals surface area contributed by atoms with Crippen LogP contribution in [0.15, 0.2) is 12.1 Å². The summed E-state index contributed by atoms with van der Waals surface area (Å²) in [5.41, 5.74) is 10.9. The molecule has 0 radical (unpaired) electrons. The standard InChI is InChI=1S/C18H23N5/c1-23-7-6-18-5-3-2-4-12(18)16(23)9-11-8-15-14(10-13(11)18)20-17(19)22-21-15/h8,10,12,16H,2-7,9H2,1H3,(H2,19,20,22)/t12-,16+,18?/m0/s1. The van der Waals surface area contributed by atoms with Gasteiger partial charge in [0.1, 0.15) is 5.52 Å². The lowest BCUT2D eigenvalue weighted by Crippen LogP contribution is -2.59. The molecule has 3 atom stereocenters. The molecule has 5 nitrogen and oxygen atoms in total. The lowest BCUT2D eigenvalue weighted by Gasteiger charge is -2.58. The molecule has 1 saturated carbocycles. The van der Waals surface area contributed by atoms with Gasteiger partial charge in [-0.2, -0.15) is 0 Å². The fourth-order valence-corrected chi connectivity index (χ4v) is 5.65. The molecule has 0 spiro atoms. The van der Waals surface area contributed by atoms with E-state index in [9.17, 15) is 0 Å². The van der Waals surface area contributed by atoms with Crippen molar-refractivity contribution in [3.63, 3.8) is 0 Å². The normalized spacial score (nSPS) is 33.3. The molecule has 2 aliphatic carbocycles. The molecule has 0 amide bonds. The molecule has 1 aliphatic heterocycles. The van der Waals surface area contributed by atoms with Crippen molar-refractivity contribution in [2.45, 2.75) is 50.0 Å². The highest BCUT2D eigenvalue weighted by Gasteiger charge is 2.53. The number of benzene rings is 1. The van der Waals surface area contributed by atoms with Crippen molar-refractivity contribution < 1.29 is 0 Å². The van der Waals surface area contributed by atoms with Crippen LogP contribution in [-0.2, 0) is 11.8 Å². The van der Waals surface area contributed by atoms with Gasteiger partial charge < -0.3 is 10.6 Å². The summed E-state index contributed by atoms with van der Waals surface area (Å²) in [6, 6.07) is 5.20. The first-order chi connectivity index (χ1) is 11.2. The van der Waals surface area contributed by atoms with Gasteiger partial charge in [-0.1, -0.05) is 12.8 Å². The molecule has 3 aliphatic rings. The minimum absolute atomic E-state index is 0.271. The first kappa shape index (κ1) is 13.7. The van der Waals surface area contributed by atoms with E-state index in [4.69, 9.17) is 5.73 Å². The zero-order valence-corrected chi connectivity index (χ0v) is 13.6. The van der Waals surface area contributed by atoms with Crippen molar-refractivity contribution >= 4 is 17.0 Å². The molecular weight excluding hydrogens is 286 g/mol. The number of nitrogens with zero attached hydrogens (tertiary/aromatic N) is 4. The second-order valence-electron chi connectivity index (χ2n) is 7.68. The predicted molar refractivity (Wildman–Crippen MR) is 90.1 cm³/mol. The summed E-state index contributed by atoms with van der Waals surface area (Å²) in [7, 11) is 2.30. The van der Waals surface area contributed by atoms with E-state index in [0.717, 1.165) is 23.4 Å². The van der Waals surface area contributed by atoms with Crippen LogP contribution in [0.25, 0.3) is 11.0 Å². The maximum atomic E-state index is 5.76. The largest absolute Gasteiger partial charge is 0.366 e. The zero-order valence-electron chi connectivity index (χ0n) is 13.6. The molecule has 1 saturated heterocycles. The monoisotopic (exact) mass is 309 g/mol. The summed E-state index contributed by atoms with van der Waals surface area (Å²) in [6.07, 6.45) is 7.85. The van der Waals surface area contributed by atoms with Crippen molar-refractivity contribution in [3.8, 4) is 0 Å². The average Bonchev–Trinajstić information content (AvgIpc) is 2.57. The number of piperidine rings is 1. The zero-order chi connectivity index (χ0) is 15.6. The van der Waals surface area contributed by atoms with Crippen LogP contribution in [0.5, 0.6) is 0 Å². The van der Waals surface area contributed by atoms with E-state index < -0.39 is 0 Å². The Labute approximate surface area is 136 Å². The van der Waals surface area contributed by atoms with E-state index >= 15 is 0 Å². The van der Waals surface area contributed by atoms with Crippen LogP contribution in [-0.4, -0.2) is 39.7 Å². The lowest BCUT2D eigenvalue weighted by atomic mass is 9.52. The Bertz CT molecular complexity index is 788. The van der Waals surface area contributed by atoms with Gasteiger partial charge >= 0.3 is 0 Å². The highest BCUT2D eigenvalue weighted by atomic mass is 15.2. The molecule has 2 fully saturated rings. The summed E-state index contributed by atoms with van der Waals surface area (Å²) in [4.78, 5) is 7.02. The van der Waals surface area contributed by atoms with Crippen LogP contribution < -0.4 is 5.73 Å². The van der Waals surface area contributed by atoms with Crippen LogP contribution in [0.2, 0.25) is 0 Å². The Hall–Kier alpha value is -1.75. The molecule has 1 unspecified atom stereocenters. The van der Waals surface area contributed by atoms with E-state index in [1.54, 1.807) is 5.56 Å². The number of anilines is 1. The second-order valence-corrected chi connectivity index (χ2v) is 7.68. The number of fused-ring (bicyclic) bond motifs is 2. The number of nitrogens with two attached hydrogens (primary N) is 1. The third kappa shape index (κ3) is 1.80. The number of likely N-dealkylation sites (N-methyl/N-ethyl adjacent to an activating group) is 1. The van der Waals surface area contributed by atoms with Crippen LogP contribution in [0, 0.1) is 5.92 Å². The molecular formula is C18H23N5. The Kier molecular flexibility index (Phi) is 2.75. The molecule has 23 heavy (non-hydrogen) atoms. The molecule has 2 aromatic rings. The van der Waals surface area contributed by atoms with Crippen LogP contribution in [0.1, 0.15) is 43.2 Å². The maximum absolute atomic E-state index is 5.76. The molecule has 2 heterocycles. The Morgan fingerprint density at radius 2 is 2.09 bits per heavy atom. The lowest BCUT2D eigenvalue weighted by molar-refractivity contribution is 0.00297. The molecule has 1 aromatic carbocycles. The maximum Gasteiger partial charge on any atom is 0.240 e. The highest BCUT2D eigenvalue weighted by molar-refractivity contribution is 5.77. The van der Waals surface area contributed by atoms with Crippen LogP contribution >= 0.6 is 0 Å². The van der Waals surface area contributed by atoms with Crippen LogP contribution in [0.4, 0.5) is 5.95 Å². The fraction of sp³-hybridized carbons (Fsp3) is 0.611. The van der Waals surface area contributed by atoms with Crippen molar-refractivity contribution in [1.82, 2.24) is 20.1 Å². The van der Waals surface area contributed by atoms with Gasteiger partial charge in [-0.15, -0.1) is 10.2 Å². The summed E-state index contributed by atoms with van der Waals surface area (Å²) < 4.78 is 0. The molecule has 5 heteroatoms. The van der Waals surface area contributed by atoms with Crippen molar-refractivity contribution in [2.24, 2.45) is 5.92 Å². The van der Waals surface area contributed by atoms with Crippen molar-refractivity contribution in [3.05, 3.63) is 23.3 Å². The predicted octanol–water partition coefficient (Wildman–Crippen LogP) is 2.30. The van der Waals surface area contributed by atoms with E-state index in [-0.39, 0.29) is 5.95 Å². The number of aromatic nitrogens is 3. The summed E-state index contributed by atoms with van der Waals surface area (Å²) in [5.74, 6) is 1.07. The smallest absolute Gasteiger partial charge is 0.240 e. The first-order valence-electron chi connectivity index (χ1n) is 8.81. The van der Waals surface area contributed by atoms with Crippen molar-refractivity contribution in [2.75, 3.05) is 19.3 Å². The van der Waals surface area contributed by atoms with Gasteiger partial charge in [-0.25, -0.2) is 4.98 Å². The number of likely N-dealkylation sites (tertiary alicyclic amines) is 1. The summed E-state index contributed by atoms with van der Waals surface area (Å²) >= 11 is 0. The number of rotatable bonds is 0. The quantitative estimate of drug-likeness (QED) is 0.808. The topological polar surface area (TPSA) is 67.9 Å². The highest BCUT2D eigenvalue weighted by Crippen LogP contribution is 2.55. The molecule has 2 N–H and O–H groups in total. The molecule has 2 bridgehead atoms. The third-order valence-electron chi connectivity index (χ3n) is 6.70. The van der Waals surface area contributed by atoms with Gasteiger partial charge in [-0.05, 0) is 68.5 Å². The van der Waals surface area contributed by atoms with Gasteiger partial charge in [0.2, 0.25) is 5.95 Å². The third-order valence-corrected chi connectivity index (χ3v) is 6.70. The van der Waals surface area contributed by atoms with E-state index in [2.05, 4.69) is 39.3 Å². The van der Waals surface area contributed by atoms with E-state index in [0.29, 0.717) is 11.5 Å². The van der Waals surface area contributed by atoms with Gasteiger partial charge in [0, 0.05) is 11.5 Å². The van der Waals surface area contributed by atoms with Gasteiger partial charge in [0.05, 0.1) is 5.52 Å². The first-order valence-corrected chi connectivity index (χ1v) is 8.81. The Morgan fingerprint density at radius 1 is 1.17 bits per heavy atom. The van der Waals surface area contributed by atoms with E-state index in [1.165, 1.54) is 44.2 Å². The summed E-state index contributed by atoms with van der Waals surface area (Å²) in [5, 5.41) is 8.18. The minimum atomic E-state index is 0.271. The Morgan fingerprint density at radius 3 is 3.00 bits per heavy atom. The van der Waals surface area contributed by atoms with Gasteiger partial charge in [0.25, 0.3) is 0 Å². The molecule has 5 rings (SSSR count). The Balaban J connectivity index is 1.76. The number of hydrogen-bond acceptors (Lipinski definition) is 5. The van der Waals surface area contributed by atoms with Crippen molar-refractivity contribution in [1.29, 1.82) is 0 Å². The average molecular weight is 309 g/mol. The fourth-order valence-electron chi connectivity index (χ4n) is 5.65. The number of hydrogen-bond donors (Lipinski definition) is 1. The SMILES string of the molecule is CN1CCC23CCCC[C@H]2[C@H]1Cc1cc2nnc(N)nc2cc13. The number of nitrogen functional groups attached to an aromatic ring is 1. The van der Waals surface area contributed by atoms with Gasteiger partial charge in [-0.3, -0.25) is 0 Å².